The van der Waals surface area contributed by atoms with Gasteiger partial charge in [0.25, 0.3) is 0 Å². The van der Waals surface area contributed by atoms with Crippen LogP contribution in [0.2, 0.25) is 0 Å². The Morgan fingerprint density at radius 3 is 2.39 bits per heavy atom. The number of aromatic nitrogens is 1. The minimum Gasteiger partial charge on any atom is -0.456 e. The molecule has 18 heavy (non-hydrogen) atoms. The maximum atomic E-state index is 5.92. The molecule has 0 saturated heterocycles. The SMILES string of the molecule is Cc1cc(C)c(-c2cc3cnccc3o2)c(C)c1. The molecule has 0 fully saturated rings. The number of furan rings is 1. The molecule has 2 nitrogen and oxygen atoms in total. The van der Waals surface area contributed by atoms with Crippen molar-refractivity contribution in [1.82, 2.24) is 4.98 Å². The topological polar surface area (TPSA) is 26.0 Å². The number of pyridine rings is 1. The fraction of sp³-hybridized carbons (Fsp3) is 0.188. The molecule has 0 spiro atoms. The first kappa shape index (κ1) is 11.0. The largest absolute Gasteiger partial charge is 0.456 e. The van der Waals surface area contributed by atoms with Crippen molar-refractivity contribution in [3.8, 4) is 11.3 Å². The van der Waals surface area contributed by atoms with Gasteiger partial charge in [-0.3, -0.25) is 4.98 Å². The van der Waals surface area contributed by atoms with Crippen LogP contribution in [0.25, 0.3) is 22.3 Å². The van der Waals surface area contributed by atoms with Crippen molar-refractivity contribution < 1.29 is 4.42 Å². The first-order chi connectivity index (χ1) is 8.65. The van der Waals surface area contributed by atoms with Gasteiger partial charge in [-0.25, -0.2) is 0 Å². The Labute approximate surface area is 106 Å². The van der Waals surface area contributed by atoms with Crippen LogP contribution in [0, 0.1) is 20.8 Å². The third-order valence-corrected chi connectivity index (χ3v) is 3.24. The van der Waals surface area contributed by atoms with E-state index in [1.165, 1.54) is 22.3 Å². The number of benzene rings is 1. The molecule has 3 rings (SSSR count). The molecule has 3 aromatic rings. The minimum absolute atomic E-state index is 0.888. The Hall–Kier alpha value is -2.09. The molecule has 2 heterocycles. The molecule has 0 bridgehead atoms. The predicted molar refractivity (Wildman–Crippen MR) is 73.7 cm³/mol. The zero-order valence-electron chi connectivity index (χ0n) is 10.8. The summed E-state index contributed by atoms with van der Waals surface area (Å²) in [5, 5.41) is 1.05. The maximum absolute atomic E-state index is 5.92. The molecule has 0 saturated carbocycles. The van der Waals surface area contributed by atoms with Gasteiger partial charge in [0, 0.05) is 23.3 Å². The van der Waals surface area contributed by atoms with Gasteiger partial charge >= 0.3 is 0 Å². The average molecular weight is 237 g/mol. The lowest BCUT2D eigenvalue weighted by Crippen LogP contribution is -1.88. The van der Waals surface area contributed by atoms with Crippen LogP contribution < -0.4 is 0 Å². The molecular weight excluding hydrogens is 222 g/mol. The van der Waals surface area contributed by atoms with Gasteiger partial charge in [-0.2, -0.15) is 0 Å². The van der Waals surface area contributed by atoms with Crippen LogP contribution in [0.3, 0.4) is 0 Å². The maximum Gasteiger partial charge on any atom is 0.137 e. The second-order valence-corrected chi connectivity index (χ2v) is 4.80. The summed E-state index contributed by atoms with van der Waals surface area (Å²) < 4.78 is 5.92. The fourth-order valence-corrected chi connectivity index (χ4v) is 2.58. The number of hydrogen-bond acceptors (Lipinski definition) is 2. The zero-order chi connectivity index (χ0) is 12.7. The quantitative estimate of drug-likeness (QED) is 0.626. The van der Waals surface area contributed by atoms with E-state index in [0.717, 1.165) is 16.7 Å². The van der Waals surface area contributed by atoms with Gasteiger partial charge in [-0.15, -0.1) is 0 Å². The van der Waals surface area contributed by atoms with E-state index in [0.29, 0.717) is 0 Å². The van der Waals surface area contributed by atoms with Crippen LogP contribution in [0.5, 0.6) is 0 Å². The number of fused-ring (bicyclic) bond motifs is 1. The van der Waals surface area contributed by atoms with Crippen molar-refractivity contribution in [1.29, 1.82) is 0 Å². The highest BCUT2D eigenvalue weighted by Gasteiger charge is 2.11. The fourth-order valence-electron chi connectivity index (χ4n) is 2.58. The van der Waals surface area contributed by atoms with Gasteiger partial charge < -0.3 is 4.42 Å². The molecule has 0 aliphatic heterocycles. The minimum atomic E-state index is 0.888. The zero-order valence-corrected chi connectivity index (χ0v) is 10.8. The second kappa shape index (κ2) is 3.98. The highest BCUT2D eigenvalue weighted by Crippen LogP contribution is 2.32. The van der Waals surface area contributed by atoms with Crippen molar-refractivity contribution in [2.24, 2.45) is 0 Å². The highest BCUT2D eigenvalue weighted by molar-refractivity contribution is 5.83. The van der Waals surface area contributed by atoms with Crippen LogP contribution in [0.1, 0.15) is 16.7 Å². The summed E-state index contributed by atoms with van der Waals surface area (Å²) >= 11 is 0. The monoisotopic (exact) mass is 237 g/mol. The van der Waals surface area contributed by atoms with E-state index in [1.54, 1.807) is 6.20 Å². The van der Waals surface area contributed by atoms with Gasteiger partial charge in [0.2, 0.25) is 0 Å². The Morgan fingerprint density at radius 1 is 1.00 bits per heavy atom. The smallest absolute Gasteiger partial charge is 0.137 e. The Morgan fingerprint density at radius 2 is 1.72 bits per heavy atom. The van der Waals surface area contributed by atoms with Crippen LogP contribution in [-0.4, -0.2) is 4.98 Å². The number of hydrogen-bond donors (Lipinski definition) is 0. The standard InChI is InChI=1S/C16H15NO/c1-10-6-11(2)16(12(3)7-10)15-8-13-9-17-5-4-14(13)18-15/h4-9H,1-3H3. The van der Waals surface area contributed by atoms with E-state index >= 15 is 0 Å². The first-order valence-corrected chi connectivity index (χ1v) is 6.07. The van der Waals surface area contributed by atoms with E-state index in [1.807, 2.05) is 12.3 Å². The van der Waals surface area contributed by atoms with E-state index in [-0.39, 0.29) is 0 Å². The summed E-state index contributed by atoms with van der Waals surface area (Å²) in [6.07, 6.45) is 3.59. The molecular formula is C16H15NO. The van der Waals surface area contributed by atoms with Crippen LogP contribution >= 0.6 is 0 Å². The normalized spacial score (nSPS) is 11.1. The third-order valence-electron chi connectivity index (χ3n) is 3.24. The predicted octanol–water partition coefficient (Wildman–Crippen LogP) is 4.42. The summed E-state index contributed by atoms with van der Waals surface area (Å²) in [6, 6.07) is 8.34. The second-order valence-electron chi connectivity index (χ2n) is 4.80. The van der Waals surface area contributed by atoms with Gasteiger partial charge in [0.05, 0.1) is 0 Å². The van der Waals surface area contributed by atoms with Gasteiger partial charge in [-0.05, 0) is 44.0 Å². The Balaban J connectivity index is 2.26. The molecule has 0 atom stereocenters. The molecule has 90 valence electrons. The average Bonchev–Trinajstić information content (AvgIpc) is 2.70. The van der Waals surface area contributed by atoms with Crippen molar-refractivity contribution in [3.05, 3.63) is 53.3 Å². The van der Waals surface area contributed by atoms with Crippen LogP contribution in [0.4, 0.5) is 0 Å². The summed E-state index contributed by atoms with van der Waals surface area (Å²) in [4.78, 5) is 4.12. The number of nitrogens with zero attached hydrogens (tertiary/aromatic N) is 1. The van der Waals surface area contributed by atoms with E-state index in [2.05, 4.69) is 44.0 Å². The van der Waals surface area contributed by atoms with Gasteiger partial charge in [0.15, 0.2) is 0 Å². The Kier molecular flexibility index (Phi) is 2.44. The first-order valence-electron chi connectivity index (χ1n) is 6.07. The van der Waals surface area contributed by atoms with Crippen molar-refractivity contribution in [3.63, 3.8) is 0 Å². The lowest BCUT2D eigenvalue weighted by molar-refractivity contribution is 0.630. The van der Waals surface area contributed by atoms with Gasteiger partial charge in [-0.1, -0.05) is 17.7 Å². The van der Waals surface area contributed by atoms with Crippen molar-refractivity contribution in [2.75, 3.05) is 0 Å². The summed E-state index contributed by atoms with van der Waals surface area (Å²) in [7, 11) is 0. The summed E-state index contributed by atoms with van der Waals surface area (Å²) in [6.45, 7) is 6.37. The van der Waals surface area contributed by atoms with E-state index in [4.69, 9.17) is 4.42 Å². The molecule has 0 amide bonds. The molecule has 0 aliphatic rings. The van der Waals surface area contributed by atoms with E-state index < -0.39 is 0 Å². The van der Waals surface area contributed by atoms with Crippen molar-refractivity contribution >= 4 is 11.0 Å². The lowest BCUT2D eigenvalue weighted by Gasteiger charge is -2.08. The highest BCUT2D eigenvalue weighted by atomic mass is 16.3. The lowest BCUT2D eigenvalue weighted by atomic mass is 9.98. The van der Waals surface area contributed by atoms with Crippen molar-refractivity contribution in [2.45, 2.75) is 20.8 Å². The molecule has 2 aromatic heterocycles. The molecule has 0 aliphatic carbocycles. The molecule has 0 radical (unpaired) electrons. The molecule has 2 heteroatoms. The Bertz CT molecular complexity index is 669. The molecule has 1 aromatic carbocycles. The third kappa shape index (κ3) is 1.70. The summed E-state index contributed by atoms with van der Waals surface area (Å²) in [5.41, 5.74) is 5.86. The number of rotatable bonds is 1. The summed E-state index contributed by atoms with van der Waals surface area (Å²) in [5.74, 6) is 0.924. The molecule has 0 N–H and O–H groups in total. The van der Waals surface area contributed by atoms with Crippen LogP contribution in [0.15, 0.2) is 41.1 Å². The van der Waals surface area contributed by atoms with Crippen LogP contribution in [-0.2, 0) is 0 Å². The number of aryl methyl sites for hydroxylation is 3. The van der Waals surface area contributed by atoms with E-state index in [9.17, 15) is 0 Å². The van der Waals surface area contributed by atoms with Gasteiger partial charge in [0.1, 0.15) is 11.3 Å². The molecule has 0 unspecified atom stereocenters.